The van der Waals surface area contributed by atoms with E-state index in [1.165, 1.54) is 24.3 Å². The van der Waals surface area contributed by atoms with Crippen LogP contribution >= 0.6 is 7.60 Å². The highest BCUT2D eigenvalue weighted by atomic mass is 31.2. The summed E-state index contributed by atoms with van der Waals surface area (Å²) in [7, 11) is -3.50. The van der Waals surface area contributed by atoms with Gasteiger partial charge in [-0.1, -0.05) is 0 Å². The molecule has 0 saturated heterocycles. The van der Waals surface area contributed by atoms with Gasteiger partial charge >= 0.3 is 7.60 Å². The number of nitro groups is 1. The Labute approximate surface area is 86.2 Å². The van der Waals surface area contributed by atoms with Gasteiger partial charge < -0.3 is 9.42 Å². The zero-order chi connectivity index (χ0) is 11.5. The third-order valence-corrected chi connectivity index (χ3v) is 2.23. The topological polar surface area (TPSA) is 89.7 Å². The fraction of sp³-hybridized carbons (Fsp3) is 0.250. The summed E-state index contributed by atoms with van der Waals surface area (Å²) in [5, 5.41) is 10.3. The molecule has 1 unspecified atom stereocenters. The molecule has 0 fully saturated rings. The van der Waals surface area contributed by atoms with E-state index < -0.39 is 12.5 Å². The van der Waals surface area contributed by atoms with E-state index in [-0.39, 0.29) is 12.3 Å². The van der Waals surface area contributed by atoms with Crippen molar-refractivity contribution in [3.8, 4) is 0 Å². The van der Waals surface area contributed by atoms with Crippen LogP contribution in [0.4, 0.5) is 5.69 Å². The monoisotopic (exact) mass is 231 g/mol. The fourth-order valence-electron chi connectivity index (χ4n) is 0.908. The van der Waals surface area contributed by atoms with Gasteiger partial charge in [-0.05, 0) is 17.7 Å². The van der Waals surface area contributed by atoms with Gasteiger partial charge in [-0.3, -0.25) is 14.7 Å². The Balaban J connectivity index is 2.65. The number of non-ortho nitro benzene ring substituents is 1. The van der Waals surface area contributed by atoms with E-state index in [9.17, 15) is 14.7 Å². The molecule has 15 heavy (non-hydrogen) atoms. The molecule has 0 aliphatic carbocycles. The molecule has 1 N–H and O–H groups in total. The van der Waals surface area contributed by atoms with Crippen LogP contribution in [0.3, 0.4) is 0 Å². The molecule has 0 bridgehead atoms. The predicted octanol–water partition coefficient (Wildman–Crippen LogP) is 1.93. The SMILES string of the molecule is CP(=O)(O)OCc1ccc([N+](=O)[O-])cc1. The number of rotatable bonds is 4. The Morgan fingerprint density at radius 3 is 2.40 bits per heavy atom. The fourth-order valence-corrected chi connectivity index (χ4v) is 1.30. The minimum Gasteiger partial charge on any atom is -0.324 e. The van der Waals surface area contributed by atoms with Crippen LogP contribution in [0.1, 0.15) is 5.56 Å². The number of nitrogens with zero attached hydrogens (tertiary/aromatic N) is 1. The molecule has 7 heteroatoms. The first-order valence-electron chi connectivity index (χ1n) is 4.06. The molecule has 0 spiro atoms. The Bertz CT molecular complexity index is 396. The van der Waals surface area contributed by atoms with Gasteiger partial charge in [0, 0.05) is 18.8 Å². The van der Waals surface area contributed by atoms with Crippen LogP contribution in [0.25, 0.3) is 0 Å². The van der Waals surface area contributed by atoms with Crippen molar-refractivity contribution in [3.05, 3.63) is 39.9 Å². The second-order valence-corrected chi connectivity index (χ2v) is 4.86. The Morgan fingerprint density at radius 2 is 2.00 bits per heavy atom. The molecule has 0 aromatic heterocycles. The van der Waals surface area contributed by atoms with Gasteiger partial charge in [-0.2, -0.15) is 0 Å². The molecule has 0 heterocycles. The first kappa shape index (κ1) is 11.8. The second-order valence-electron chi connectivity index (χ2n) is 3.00. The van der Waals surface area contributed by atoms with Gasteiger partial charge in [0.1, 0.15) is 0 Å². The van der Waals surface area contributed by atoms with Crippen molar-refractivity contribution in [2.75, 3.05) is 6.66 Å². The molecule has 0 amide bonds. The minimum absolute atomic E-state index is 0.0255. The van der Waals surface area contributed by atoms with Crippen molar-refractivity contribution in [1.29, 1.82) is 0 Å². The molecular weight excluding hydrogens is 221 g/mol. The van der Waals surface area contributed by atoms with Crippen molar-refractivity contribution in [2.45, 2.75) is 6.61 Å². The maximum atomic E-state index is 10.8. The van der Waals surface area contributed by atoms with Crippen molar-refractivity contribution in [1.82, 2.24) is 0 Å². The first-order valence-corrected chi connectivity index (χ1v) is 6.09. The summed E-state index contributed by atoms with van der Waals surface area (Å²) in [6.07, 6.45) is 0. The van der Waals surface area contributed by atoms with Crippen molar-refractivity contribution < 1.29 is 18.9 Å². The number of hydrogen-bond donors (Lipinski definition) is 1. The van der Waals surface area contributed by atoms with Gasteiger partial charge in [0.15, 0.2) is 0 Å². The normalized spacial score (nSPS) is 14.5. The van der Waals surface area contributed by atoms with Crippen LogP contribution in [0.15, 0.2) is 24.3 Å². The summed E-state index contributed by atoms with van der Waals surface area (Å²) in [5.41, 5.74) is 0.583. The van der Waals surface area contributed by atoms with E-state index in [1.54, 1.807) is 0 Å². The lowest BCUT2D eigenvalue weighted by Crippen LogP contribution is -1.92. The molecule has 6 nitrogen and oxygen atoms in total. The third-order valence-electron chi connectivity index (χ3n) is 1.62. The van der Waals surface area contributed by atoms with E-state index in [1.807, 2.05) is 0 Å². The lowest BCUT2D eigenvalue weighted by Gasteiger charge is -2.06. The molecule has 0 aliphatic heterocycles. The zero-order valence-electron chi connectivity index (χ0n) is 7.99. The van der Waals surface area contributed by atoms with Gasteiger partial charge in [-0.25, -0.2) is 0 Å². The third kappa shape index (κ3) is 4.20. The highest BCUT2D eigenvalue weighted by molar-refractivity contribution is 7.51. The second kappa shape index (κ2) is 4.53. The van der Waals surface area contributed by atoms with E-state index in [4.69, 9.17) is 4.89 Å². The summed E-state index contributed by atoms with van der Waals surface area (Å²) in [4.78, 5) is 18.7. The van der Waals surface area contributed by atoms with Crippen molar-refractivity contribution in [2.24, 2.45) is 0 Å². The van der Waals surface area contributed by atoms with E-state index >= 15 is 0 Å². The smallest absolute Gasteiger partial charge is 0.324 e. The molecule has 0 saturated carbocycles. The predicted molar refractivity (Wildman–Crippen MR) is 53.6 cm³/mol. The van der Waals surface area contributed by atoms with Crippen LogP contribution in [0.2, 0.25) is 0 Å². The lowest BCUT2D eigenvalue weighted by atomic mass is 10.2. The van der Waals surface area contributed by atoms with E-state index in [2.05, 4.69) is 4.52 Å². The van der Waals surface area contributed by atoms with Crippen LogP contribution in [-0.4, -0.2) is 16.5 Å². The number of nitro benzene ring substituents is 1. The molecule has 1 aromatic rings. The molecule has 1 rings (SSSR count). The van der Waals surface area contributed by atoms with Gasteiger partial charge in [-0.15, -0.1) is 0 Å². The van der Waals surface area contributed by atoms with E-state index in [0.717, 1.165) is 6.66 Å². The first-order chi connectivity index (χ1) is 6.88. The highest BCUT2D eigenvalue weighted by Crippen LogP contribution is 2.37. The number of hydrogen-bond acceptors (Lipinski definition) is 4. The molecule has 0 radical (unpaired) electrons. The van der Waals surface area contributed by atoms with Gasteiger partial charge in [0.05, 0.1) is 11.5 Å². The van der Waals surface area contributed by atoms with Gasteiger partial charge in [0.2, 0.25) is 0 Å². The lowest BCUT2D eigenvalue weighted by molar-refractivity contribution is -0.384. The largest absolute Gasteiger partial charge is 0.325 e. The van der Waals surface area contributed by atoms with Crippen LogP contribution in [0, 0.1) is 10.1 Å². The van der Waals surface area contributed by atoms with Gasteiger partial charge in [0.25, 0.3) is 5.69 Å². The standard InChI is InChI=1S/C8H10NO5P/c1-15(12,13)14-6-7-2-4-8(5-3-7)9(10)11/h2-5H,6H2,1H3,(H,12,13). The molecule has 0 aliphatic rings. The minimum atomic E-state index is -3.50. The van der Waals surface area contributed by atoms with Crippen LogP contribution < -0.4 is 0 Å². The number of benzene rings is 1. The Morgan fingerprint density at radius 1 is 1.47 bits per heavy atom. The zero-order valence-corrected chi connectivity index (χ0v) is 8.89. The molecular formula is C8H10NO5P. The molecule has 1 atom stereocenters. The molecule has 82 valence electrons. The summed E-state index contributed by atoms with van der Waals surface area (Å²) in [6.45, 7) is 1.04. The average molecular weight is 231 g/mol. The van der Waals surface area contributed by atoms with Crippen LogP contribution in [0.5, 0.6) is 0 Å². The Kier molecular flexibility index (Phi) is 3.57. The Hall–Kier alpha value is -1.23. The summed E-state index contributed by atoms with van der Waals surface area (Å²) >= 11 is 0. The maximum Gasteiger partial charge on any atom is 0.325 e. The van der Waals surface area contributed by atoms with Crippen molar-refractivity contribution >= 4 is 13.3 Å². The molecule has 1 aromatic carbocycles. The highest BCUT2D eigenvalue weighted by Gasteiger charge is 2.10. The summed E-state index contributed by atoms with van der Waals surface area (Å²) in [6, 6.07) is 5.59. The maximum absolute atomic E-state index is 10.8. The van der Waals surface area contributed by atoms with E-state index in [0.29, 0.717) is 5.56 Å². The average Bonchev–Trinajstić information content (AvgIpc) is 2.14. The van der Waals surface area contributed by atoms with Crippen LogP contribution in [-0.2, 0) is 15.7 Å². The summed E-state index contributed by atoms with van der Waals surface area (Å²) < 4.78 is 15.4. The summed E-state index contributed by atoms with van der Waals surface area (Å²) in [5.74, 6) is 0. The quantitative estimate of drug-likeness (QED) is 0.485. The van der Waals surface area contributed by atoms with Crippen molar-refractivity contribution in [3.63, 3.8) is 0 Å².